The standard InChI is InChI=1S/C19H26O6.C17H26O2.C15H22O3.C12H14O8S.C8H10O4/c1-11(2)18(22)24-9-16(20)23-10-17(21)25-19(3)14-5-12-4-13(7-14)8-15(19)6-12;1-10(2)16(18)19-17(11(3)4)14-6-12-5-13(8-14)9-15(17)7-12;1-9(2)15(16)18-8-17-14-12-4-10-3-11(6-12)7-13(14)5-10;1-5(2)12(14)17-4-8(13)19-9-6-3-7-10(18-6)11(9)20-21(7,15)16;1-5(2)7(9)12-6-3-4-11-8(6)10/h12-15H,1,4-10H2,2-3H3;11-15H,1,5-9H2,2-4H3;10-14H,1,3-8H2,2H3;6-7,9-11H,1,3-4H2,2H3;6H,1,3-4H2,2H3. The number of carbonyl (C=O) groups is 9. The maximum atomic E-state index is 12.2. The van der Waals surface area contributed by atoms with Crippen LogP contribution in [-0.4, -0.2) is 148 Å². The maximum Gasteiger partial charge on any atom is 0.347 e. The van der Waals surface area contributed by atoms with Crippen molar-refractivity contribution in [2.75, 3.05) is 33.2 Å². The SMILES string of the molecule is C=C(C)C(=O)OC1(C(C)C)C2CC3CC(C2)CC1C3.C=C(C)C(=O)OC1CCOC1=O.C=C(C)C(=O)OCC(=O)OC1C2CC3C(O2)C1OS3(=O)=O.C=C(C)C(=O)OCC(=O)OCC(=O)OC1(C)C2CC3CC(C2)CC1C3.C=C(C)C(=O)OCOC1C2CC3CC(C2)CC1C3. The van der Waals surface area contributed by atoms with E-state index in [4.69, 9.17) is 42.1 Å². The largest absolute Gasteiger partial charge is 0.463 e. The Kier molecular flexibility index (Phi) is 23.3. The van der Waals surface area contributed by atoms with E-state index < -0.39 is 113 Å². The van der Waals surface area contributed by atoms with Gasteiger partial charge in [0.05, 0.1) is 18.8 Å². The molecule has 526 valence electrons. The molecule has 0 spiro atoms. The van der Waals surface area contributed by atoms with Crippen LogP contribution in [0.15, 0.2) is 60.8 Å². The van der Waals surface area contributed by atoms with Gasteiger partial charge in [-0.2, -0.15) is 8.42 Å². The van der Waals surface area contributed by atoms with Crippen molar-refractivity contribution >= 4 is 63.8 Å². The number of hydrogen-bond acceptors (Lipinski definition) is 23. The van der Waals surface area contributed by atoms with Gasteiger partial charge in [-0.25, -0.2) is 43.2 Å². The molecular formula is C71H98O23S. The molecule has 0 N–H and O–H groups in total. The lowest BCUT2D eigenvalue weighted by atomic mass is 9.47. The summed E-state index contributed by atoms with van der Waals surface area (Å²) in [5.41, 5.74) is 0.973. The van der Waals surface area contributed by atoms with Crippen LogP contribution in [0.5, 0.6) is 0 Å². The van der Waals surface area contributed by atoms with E-state index in [1.54, 1.807) is 13.8 Å². The van der Waals surface area contributed by atoms with Gasteiger partial charge in [0.1, 0.15) is 28.7 Å². The molecule has 4 aliphatic heterocycles. The van der Waals surface area contributed by atoms with Crippen molar-refractivity contribution in [3.8, 4) is 0 Å². The molecule has 6 unspecified atom stereocenters. The van der Waals surface area contributed by atoms with Crippen molar-refractivity contribution in [2.24, 2.45) is 76.9 Å². The Hall–Kier alpha value is -6.24. The van der Waals surface area contributed by atoms with Crippen LogP contribution in [0, 0.1) is 76.9 Å². The molecule has 95 heavy (non-hydrogen) atoms. The van der Waals surface area contributed by atoms with E-state index in [9.17, 15) is 51.6 Å². The van der Waals surface area contributed by atoms with E-state index in [0.717, 1.165) is 61.2 Å². The number of hydrogen-bond donors (Lipinski definition) is 0. The van der Waals surface area contributed by atoms with Gasteiger partial charge in [-0.3, -0.25) is 4.18 Å². The number of carbonyl (C=O) groups excluding carboxylic acids is 9. The summed E-state index contributed by atoms with van der Waals surface area (Å²) in [5, 5.41) is -0.677. The number of cyclic esters (lactones) is 1. The van der Waals surface area contributed by atoms with Crippen molar-refractivity contribution in [2.45, 2.75) is 218 Å². The van der Waals surface area contributed by atoms with E-state index in [0.29, 0.717) is 71.7 Å². The quantitative estimate of drug-likeness (QED) is 0.0383. The third-order valence-corrected chi connectivity index (χ3v) is 23.9. The zero-order valence-electron chi connectivity index (χ0n) is 56.4. The first-order valence-corrected chi connectivity index (χ1v) is 35.4. The third-order valence-electron chi connectivity index (χ3n) is 22.2. The minimum Gasteiger partial charge on any atom is -0.463 e. The molecule has 14 bridgehead atoms. The van der Waals surface area contributed by atoms with Crippen molar-refractivity contribution in [1.82, 2.24) is 0 Å². The molecule has 16 rings (SSSR count). The van der Waals surface area contributed by atoms with Crippen molar-refractivity contribution < 1.29 is 108 Å². The second kappa shape index (κ2) is 30.3. The summed E-state index contributed by atoms with van der Waals surface area (Å²) < 4.78 is 85.3. The summed E-state index contributed by atoms with van der Waals surface area (Å²) in [5.74, 6) is 4.13. The molecule has 23 nitrogen and oxygen atoms in total. The van der Waals surface area contributed by atoms with Gasteiger partial charge < -0.3 is 52.1 Å². The van der Waals surface area contributed by atoms with E-state index in [-0.39, 0.29) is 47.5 Å². The van der Waals surface area contributed by atoms with Crippen LogP contribution in [0.4, 0.5) is 0 Å². The summed E-state index contributed by atoms with van der Waals surface area (Å²) >= 11 is 0. The normalized spacial score (nSPS) is 36.9. The van der Waals surface area contributed by atoms with Crippen LogP contribution in [0.25, 0.3) is 0 Å². The lowest BCUT2D eigenvalue weighted by Crippen LogP contribution is -2.62. The first-order valence-electron chi connectivity index (χ1n) is 33.9. The molecule has 4 heterocycles. The average molecular weight is 1350 g/mol. The Balaban J connectivity index is 0.000000142. The first kappa shape index (κ1) is 73.0. The van der Waals surface area contributed by atoms with E-state index in [2.05, 4.69) is 61.0 Å². The summed E-state index contributed by atoms with van der Waals surface area (Å²) in [6.45, 7) is 30.8. The lowest BCUT2D eigenvalue weighted by Gasteiger charge is -2.61. The van der Waals surface area contributed by atoms with E-state index in [1.165, 1.54) is 91.4 Å². The molecule has 0 aromatic rings. The second-order valence-corrected chi connectivity index (χ2v) is 31.5. The highest BCUT2D eigenvalue weighted by Crippen LogP contribution is 2.63. The zero-order valence-corrected chi connectivity index (χ0v) is 57.3. The fourth-order valence-corrected chi connectivity index (χ4v) is 20.1. The predicted octanol–water partition coefficient (Wildman–Crippen LogP) is 8.98. The van der Waals surface area contributed by atoms with Gasteiger partial charge in [0, 0.05) is 34.3 Å². The third kappa shape index (κ3) is 16.8. The highest BCUT2D eigenvalue weighted by molar-refractivity contribution is 7.87. The second-order valence-electron chi connectivity index (χ2n) is 29.8. The molecule has 4 saturated heterocycles. The molecule has 12 saturated carbocycles. The molecule has 24 heteroatoms. The number of fused-ring (bicyclic) bond motifs is 1. The predicted molar refractivity (Wildman–Crippen MR) is 338 cm³/mol. The van der Waals surface area contributed by atoms with Gasteiger partial charge in [0.15, 0.2) is 32.7 Å². The van der Waals surface area contributed by atoms with Gasteiger partial charge in [0.2, 0.25) is 6.10 Å². The van der Waals surface area contributed by atoms with Crippen LogP contribution in [0.3, 0.4) is 0 Å². The van der Waals surface area contributed by atoms with Crippen LogP contribution in [0.2, 0.25) is 0 Å². The zero-order chi connectivity index (χ0) is 69.2. The van der Waals surface area contributed by atoms with Gasteiger partial charge in [0.25, 0.3) is 10.1 Å². The number of rotatable bonds is 19. The minimum absolute atomic E-state index is 0.0959. The molecular weight excluding hydrogens is 1250 g/mol. The van der Waals surface area contributed by atoms with E-state index in [1.807, 2.05) is 6.92 Å². The van der Waals surface area contributed by atoms with Crippen LogP contribution < -0.4 is 0 Å². The Bertz CT molecular complexity index is 3050. The Morgan fingerprint density at radius 2 is 0.947 bits per heavy atom. The topological polar surface area (TPSA) is 299 Å². The van der Waals surface area contributed by atoms with Crippen LogP contribution >= 0.6 is 0 Å². The summed E-state index contributed by atoms with van der Waals surface area (Å²) in [4.78, 5) is 103. The molecule has 16 fully saturated rings. The summed E-state index contributed by atoms with van der Waals surface area (Å²) in [6, 6.07) is 0. The summed E-state index contributed by atoms with van der Waals surface area (Å²) in [6.07, 6.45) is 16.7. The number of esters is 9. The van der Waals surface area contributed by atoms with Crippen molar-refractivity contribution in [1.29, 1.82) is 0 Å². The Morgan fingerprint density at radius 3 is 1.40 bits per heavy atom. The Labute approximate surface area is 557 Å². The molecule has 6 atom stereocenters. The Morgan fingerprint density at radius 1 is 0.505 bits per heavy atom. The van der Waals surface area contributed by atoms with Crippen molar-refractivity contribution in [3.63, 3.8) is 0 Å². The first-order chi connectivity index (χ1) is 44.7. The number of ether oxygens (including phenoxy) is 11. The van der Waals surface area contributed by atoms with Crippen LogP contribution in [-0.2, 0) is 110 Å². The lowest BCUT2D eigenvalue weighted by molar-refractivity contribution is -0.221. The average Bonchev–Trinajstić information content (AvgIpc) is 1.71. The molecule has 0 aromatic heterocycles. The maximum absolute atomic E-state index is 12.2. The van der Waals surface area contributed by atoms with Gasteiger partial charge in [-0.15, -0.1) is 0 Å². The minimum atomic E-state index is -3.65. The molecule has 0 aromatic carbocycles. The van der Waals surface area contributed by atoms with E-state index >= 15 is 0 Å². The fourth-order valence-electron chi connectivity index (χ4n) is 18.4. The highest BCUT2D eigenvalue weighted by Gasteiger charge is 2.67. The van der Waals surface area contributed by atoms with Crippen LogP contribution in [0.1, 0.15) is 165 Å². The molecule has 0 radical (unpaired) electrons. The fraction of sp³-hybridized carbons (Fsp3) is 0.732. The summed E-state index contributed by atoms with van der Waals surface area (Å²) in [7, 11) is -3.65. The smallest absolute Gasteiger partial charge is 0.347 e. The van der Waals surface area contributed by atoms with Crippen molar-refractivity contribution in [3.05, 3.63) is 60.8 Å². The highest BCUT2D eigenvalue weighted by atomic mass is 32.2. The van der Waals surface area contributed by atoms with Gasteiger partial charge in [-0.05, 0) is 221 Å². The van der Waals surface area contributed by atoms with Gasteiger partial charge >= 0.3 is 53.7 Å². The van der Waals surface area contributed by atoms with Gasteiger partial charge in [-0.1, -0.05) is 46.7 Å². The molecule has 16 aliphatic rings. The molecule has 12 aliphatic carbocycles. The molecule has 0 amide bonds. The monoisotopic (exact) mass is 1350 g/mol.